The van der Waals surface area contributed by atoms with Crippen molar-refractivity contribution in [1.29, 1.82) is 0 Å². The summed E-state index contributed by atoms with van der Waals surface area (Å²) in [5.74, 6) is -0.0631. The standard InChI is InChI=1S/C14H15FN2O3S/c15-10-1-2-11-12(7-10)21-14(20)17(11)8-9-3-5-16(6-4-9)13(18)19/h1-2,7,9H,3-6,8H2,(H,18,19). The number of likely N-dealkylation sites (tertiary alicyclic amines) is 1. The fourth-order valence-electron chi connectivity index (χ4n) is 2.78. The van der Waals surface area contributed by atoms with Crippen LogP contribution >= 0.6 is 11.3 Å². The number of rotatable bonds is 2. The van der Waals surface area contributed by atoms with E-state index in [4.69, 9.17) is 5.11 Å². The van der Waals surface area contributed by atoms with Gasteiger partial charge in [0, 0.05) is 19.6 Å². The topological polar surface area (TPSA) is 62.5 Å². The normalized spacial score (nSPS) is 16.5. The molecule has 7 heteroatoms. The molecule has 1 fully saturated rings. The van der Waals surface area contributed by atoms with Crippen LogP contribution in [0.25, 0.3) is 10.2 Å². The van der Waals surface area contributed by atoms with Crippen LogP contribution in [0.15, 0.2) is 23.0 Å². The van der Waals surface area contributed by atoms with Gasteiger partial charge in [0.25, 0.3) is 0 Å². The summed E-state index contributed by atoms with van der Waals surface area (Å²) in [4.78, 5) is 24.2. The van der Waals surface area contributed by atoms with Crippen molar-refractivity contribution < 1.29 is 14.3 Å². The number of carbonyl (C=O) groups is 1. The van der Waals surface area contributed by atoms with Gasteiger partial charge in [0.15, 0.2) is 0 Å². The molecule has 0 aliphatic carbocycles. The van der Waals surface area contributed by atoms with Crippen LogP contribution < -0.4 is 4.87 Å². The third-order valence-corrected chi connectivity index (χ3v) is 4.90. The van der Waals surface area contributed by atoms with Gasteiger partial charge in [0.1, 0.15) is 5.82 Å². The van der Waals surface area contributed by atoms with Crippen LogP contribution in [0, 0.1) is 11.7 Å². The molecule has 0 bridgehead atoms. The quantitative estimate of drug-likeness (QED) is 0.927. The summed E-state index contributed by atoms with van der Waals surface area (Å²) in [6.07, 6.45) is 0.608. The molecule has 112 valence electrons. The van der Waals surface area contributed by atoms with E-state index in [1.807, 2.05) is 0 Å². The number of hydrogen-bond acceptors (Lipinski definition) is 3. The molecule has 0 saturated carbocycles. The van der Waals surface area contributed by atoms with Crippen molar-refractivity contribution in [3.05, 3.63) is 33.7 Å². The first-order chi connectivity index (χ1) is 10.0. The zero-order valence-electron chi connectivity index (χ0n) is 11.3. The first-order valence-corrected chi connectivity index (χ1v) is 7.63. The predicted molar refractivity (Wildman–Crippen MR) is 78.4 cm³/mol. The lowest BCUT2D eigenvalue weighted by Crippen LogP contribution is -2.38. The highest BCUT2D eigenvalue weighted by Crippen LogP contribution is 2.23. The maximum Gasteiger partial charge on any atom is 0.407 e. The molecule has 1 aliphatic heterocycles. The molecule has 5 nitrogen and oxygen atoms in total. The van der Waals surface area contributed by atoms with Gasteiger partial charge in [-0.25, -0.2) is 9.18 Å². The summed E-state index contributed by atoms with van der Waals surface area (Å²) in [6.45, 7) is 1.58. The molecule has 1 aromatic heterocycles. The Morgan fingerprint density at radius 1 is 1.38 bits per heavy atom. The third kappa shape index (κ3) is 2.78. The van der Waals surface area contributed by atoms with E-state index in [2.05, 4.69) is 0 Å². The number of nitrogens with zero attached hydrogens (tertiary/aromatic N) is 2. The van der Waals surface area contributed by atoms with Crippen LogP contribution in [0.3, 0.4) is 0 Å². The molecule has 2 heterocycles. The molecule has 0 radical (unpaired) electrons. The molecule has 2 aromatic rings. The molecule has 1 N–H and O–H groups in total. The van der Waals surface area contributed by atoms with Gasteiger partial charge in [-0.05, 0) is 37.0 Å². The second-order valence-corrected chi connectivity index (χ2v) is 6.30. The summed E-state index contributed by atoms with van der Waals surface area (Å²) >= 11 is 1.05. The first-order valence-electron chi connectivity index (χ1n) is 6.81. The zero-order valence-corrected chi connectivity index (χ0v) is 12.1. The van der Waals surface area contributed by atoms with E-state index in [1.54, 1.807) is 10.6 Å². The Labute approximate surface area is 124 Å². The molecule has 0 atom stereocenters. The van der Waals surface area contributed by atoms with Gasteiger partial charge in [-0.2, -0.15) is 0 Å². The Balaban J connectivity index is 1.78. The van der Waals surface area contributed by atoms with E-state index in [9.17, 15) is 14.0 Å². The van der Waals surface area contributed by atoms with Crippen LogP contribution in [0.2, 0.25) is 0 Å². The smallest absolute Gasteiger partial charge is 0.407 e. The van der Waals surface area contributed by atoms with Crippen LogP contribution in [-0.4, -0.2) is 33.8 Å². The first kappa shape index (κ1) is 14.1. The van der Waals surface area contributed by atoms with Gasteiger partial charge in [-0.15, -0.1) is 0 Å². The largest absolute Gasteiger partial charge is 0.465 e. The van der Waals surface area contributed by atoms with Crippen LogP contribution in [0.1, 0.15) is 12.8 Å². The van der Waals surface area contributed by atoms with E-state index < -0.39 is 6.09 Å². The minimum Gasteiger partial charge on any atom is -0.465 e. The van der Waals surface area contributed by atoms with E-state index in [1.165, 1.54) is 17.0 Å². The van der Waals surface area contributed by atoms with Gasteiger partial charge in [0.2, 0.25) is 0 Å². The van der Waals surface area contributed by atoms with Gasteiger partial charge in [-0.1, -0.05) is 11.3 Å². The Kier molecular flexibility index (Phi) is 3.67. The monoisotopic (exact) mass is 310 g/mol. The highest BCUT2D eigenvalue weighted by Gasteiger charge is 2.23. The molecule has 21 heavy (non-hydrogen) atoms. The molecule has 1 saturated heterocycles. The predicted octanol–water partition coefficient (Wildman–Crippen LogP) is 2.59. The molecule has 0 spiro atoms. The van der Waals surface area contributed by atoms with Gasteiger partial charge >= 0.3 is 11.0 Å². The minimum atomic E-state index is -0.887. The number of benzene rings is 1. The Hall–Kier alpha value is -1.89. The Morgan fingerprint density at radius 3 is 2.76 bits per heavy atom. The molecule has 1 aliphatic rings. The van der Waals surface area contributed by atoms with E-state index in [0.29, 0.717) is 24.3 Å². The number of thiazole rings is 1. The molecule has 0 unspecified atom stereocenters. The lowest BCUT2D eigenvalue weighted by Gasteiger charge is -2.30. The van der Waals surface area contributed by atoms with Crippen molar-refractivity contribution in [3.63, 3.8) is 0 Å². The maximum atomic E-state index is 13.2. The van der Waals surface area contributed by atoms with Crippen LogP contribution in [0.5, 0.6) is 0 Å². The second-order valence-electron chi connectivity index (χ2n) is 5.30. The van der Waals surface area contributed by atoms with Gasteiger partial charge in [0.05, 0.1) is 10.2 Å². The molecule has 1 amide bonds. The SMILES string of the molecule is O=C(O)N1CCC(Cn2c(=O)sc3cc(F)ccc32)CC1. The lowest BCUT2D eigenvalue weighted by atomic mass is 9.97. The van der Waals surface area contributed by atoms with E-state index in [-0.39, 0.29) is 16.6 Å². The van der Waals surface area contributed by atoms with Crippen molar-refractivity contribution in [1.82, 2.24) is 9.47 Å². The molecular formula is C14H15FN2O3S. The number of fused-ring (bicyclic) bond motifs is 1. The number of amides is 1. The number of carboxylic acid groups (broad SMARTS) is 1. The molecular weight excluding hydrogens is 295 g/mol. The number of halogens is 1. The Bertz CT molecular complexity index is 731. The summed E-state index contributed by atoms with van der Waals surface area (Å²) in [5.41, 5.74) is 0.757. The summed E-state index contributed by atoms with van der Waals surface area (Å²) in [5, 5.41) is 8.93. The molecule has 1 aromatic carbocycles. The lowest BCUT2D eigenvalue weighted by molar-refractivity contribution is 0.122. The van der Waals surface area contributed by atoms with Gasteiger partial charge in [-0.3, -0.25) is 9.36 Å². The fourth-order valence-corrected chi connectivity index (χ4v) is 3.70. The van der Waals surface area contributed by atoms with Crippen LogP contribution in [0.4, 0.5) is 9.18 Å². The van der Waals surface area contributed by atoms with E-state index >= 15 is 0 Å². The van der Waals surface area contributed by atoms with Crippen molar-refractivity contribution in [2.24, 2.45) is 5.92 Å². The summed E-state index contributed by atoms with van der Waals surface area (Å²) < 4.78 is 15.5. The fraction of sp³-hybridized carbons (Fsp3) is 0.429. The molecule has 3 rings (SSSR count). The van der Waals surface area contributed by atoms with Crippen molar-refractivity contribution in [3.8, 4) is 0 Å². The van der Waals surface area contributed by atoms with Crippen molar-refractivity contribution in [2.45, 2.75) is 19.4 Å². The highest BCUT2D eigenvalue weighted by atomic mass is 32.1. The zero-order chi connectivity index (χ0) is 15.0. The number of hydrogen-bond donors (Lipinski definition) is 1. The Morgan fingerprint density at radius 2 is 2.10 bits per heavy atom. The number of aromatic nitrogens is 1. The van der Waals surface area contributed by atoms with Gasteiger partial charge < -0.3 is 10.0 Å². The van der Waals surface area contributed by atoms with Crippen LogP contribution in [-0.2, 0) is 6.54 Å². The average Bonchev–Trinajstić information content (AvgIpc) is 2.75. The second kappa shape index (κ2) is 5.48. The number of piperidine rings is 1. The van der Waals surface area contributed by atoms with Crippen molar-refractivity contribution in [2.75, 3.05) is 13.1 Å². The minimum absolute atomic E-state index is 0.0868. The van der Waals surface area contributed by atoms with Crippen molar-refractivity contribution >= 4 is 27.6 Å². The highest BCUT2D eigenvalue weighted by molar-refractivity contribution is 7.16. The summed E-state index contributed by atoms with van der Waals surface area (Å²) in [7, 11) is 0. The van der Waals surface area contributed by atoms with E-state index in [0.717, 1.165) is 29.7 Å². The average molecular weight is 310 g/mol. The maximum absolute atomic E-state index is 13.2. The third-order valence-electron chi connectivity index (χ3n) is 3.96. The summed E-state index contributed by atoms with van der Waals surface area (Å²) in [6, 6.07) is 4.37.